The van der Waals surface area contributed by atoms with Crippen molar-refractivity contribution in [2.75, 3.05) is 0 Å². The van der Waals surface area contributed by atoms with Crippen molar-refractivity contribution in [2.24, 2.45) is 23.7 Å². The summed E-state index contributed by atoms with van der Waals surface area (Å²) < 4.78 is 0. The average Bonchev–Trinajstić information content (AvgIpc) is 2.51. The van der Waals surface area contributed by atoms with Crippen molar-refractivity contribution in [1.29, 1.82) is 0 Å². The van der Waals surface area contributed by atoms with Gasteiger partial charge in [0.25, 0.3) is 0 Å². The van der Waals surface area contributed by atoms with E-state index in [1.54, 1.807) is 0 Å². The van der Waals surface area contributed by atoms with Gasteiger partial charge in [-0.2, -0.15) is 0 Å². The van der Waals surface area contributed by atoms with Crippen LogP contribution in [0.3, 0.4) is 0 Å². The lowest BCUT2D eigenvalue weighted by molar-refractivity contribution is 0.372. The maximum Gasteiger partial charge on any atom is -0.0326 e. The van der Waals surface area contributed by atoms with Crippen LogP contribution in [0.5, 0.6) is 0 Å². The Kier molecular flexibility index (Phi) is 15.8. The van der Waals surface area contributed by atoms with Gasteiger partial charge in [0, 0.05) is 0 Å². The van der Waals surface area contributed by atoms with Crippen molar-refractivity contribution in [3.05, 3.63) is 12.2 Å². The molecule has 0 N–H and O–H groups in total. The third-order valence-corrected chi connectivity index (χ3v) is 5.82. The van der Waals surface area contributed by atoms with Crippen LogP contribution < -0.4 is 0 Å². The van der Waals surface area contributed by atoms with Crippen molar-refractivity contribution in [3.8, 4) is 0 Å². The van der Waals surface area contributed by atoms with E-state index >= 15 is 0 Å². The summed E-state index contributed by atoms with van der Waals surface area (Å²) in [5.41, 5.74) is 1.34. The second-order valence-electron chi connectivity index (χ2n) is 9.70. The first kappa shape index (κ1) is 24.7. The Bertz CT molecular complexity index is 301. The summed E-state index contributed by atoms with van der Waals surface area (Å²) in [6.45, 7) is 18.2. The second kappa shape index (κ2) is 16.0. The van der Waals surface area contributed by atoms with E-state index in [-0.39, 0.29) is 0 Å². The Morgan fingerprint density at radius 2 is 0.920 bits per heavy atom. The monoisotopic (exact) mass is 350 g/mol. The van der Waals surface area contributed by atoms with Crippen LogP contribution in [0.1, 0.15) is 125 Å². The SMILES string of the molecule is C=C(C)CCCCC(C)CCCC(C)CCCC(C)CCCC(C)C. The lowest BCUT2D eigenvalue weighted by Crippen LogP contribution is -2.01. The summed E-state index contributed by atoms with van der Waals surface area (Å²) in [5, 5.41) is 0. The number of allylic oxidation sites excluding steroid dienone is 1. The number of unbranched alkanes of at least 4 members (excludes halogenated alkanes) is 1. The van der Waals surface area contributed by atoms with Crippen molar-refractivity contribution < 1.29 is 0 Å². The van der Waals surface area contributed by atoms with Gasteiger partial charge in [-0.1, -0.05) is 111 Å². The Labute approximate surface area is 161 Å². The molecule has 0 aromatic carbocycles. The van der Waals surface area contributed by atoms with E-state index in [1.165, 1.54) is 89.0 Å². The van der Waals surface area contributed by atoms with Crippen LogP contribution in [0.2, 0.25) is 0 Å². The van der Waals surface area contributed by atoms with E-state index in [2.05, 4.69) is 48.1 Å². The molecular weight excluding hydrogens is 300 g/mol. The highest BCUT2D eigenvalue weighted by atomic mass is 14.1. The molecular formula is C25H50. The Morgan fingerprint density at radius 3 is 1.28 bits per heavy atom. The summed E-state index contributed by atoms with van der Waals surface area (Å²) in [5.74, 6) is 3.66. The molecule has 0 aliphatic carbocycles. The zero-order valence-electron chi connectivity index (χ0n) is 18.7. The number of hydrogen-bond acceptors (Lipinski definition) is 0. The molecule has 3 unspecified atom stereocenters. The van der Waals surface area contributed by atoms with E-state index in [0.29, 0.717) is 0 Å². The molecule has 0 saturated heterocycles. The zero-order valence-corrected chi connectivity index (χ0v) is 18.7. The van der Waals surface area contributed by atoms with Gasteiger partial charge in [-0.3, -0.25) is 0 Å². The molecule has 0 saturated carbocycles. The van der Waals surface area contributed by atoms with Crippen molar-refractivity contribution in [2.45, 2.75) is 125 Å². The van der Waals surface area contributed by atoms with E-state index in [1.807, 2.05) is 0 Å². The standard InChI is InChI=1S/C25H50/c1-21(2)13-8-9-15-23(5)17-11-19-25(7)20-12-18-24(6)16-10-14-22(3)4/h22-25H,1,8-20H2,2-7H3. The molecule has 0 aliphatic rings. The van der Waals surface area contributed by atoms with Gasteiger partial charge in [-0.15, -0.1) is 6.58 Å². The molecule has 0 radical (unpaired) electrons. The first-order chi connectivity index (χ1) is 11.8. The van der Waals surface area contributed by atoms with E-state index in [0.717, 1.165) is 23.7 Å². The van der Waals surface area contributed by atoms with Crippen molar-refractivity contribution in [1.82, 2.24) is 0 Å². The van der Waals surface area contributed by atoms with Gasteiger partial charge in [0.05, 0.1) is 0 Å². The summed E-state index contributed by atoms with van der Waals surface area (Å²) in [6.07, 6.45) is 18.3. The first-order valence-corrected chi connectivity index (χ1v) is 11.5. The molecule has 0 aliphatic heterocycles. The fourth-order valence-electron chi connectivity index (χ4n) is 3.86. The zero-order chi connectivity index (χ0) is 19.1. The Morgan fingerprint density at radius 1 is 0.560 bits per heavy atom. The Hall–Kier alpha value is -0.260. The average molecular weight is 351 g/mol. The minimum atomic E-state index is 0.876. The lowest BCUT2D eigenvalue weighted by Gasteiger charge is -2.16. The second-order valence-corrected chi connectivity index (χ2v) is 9.70. The Balaban J connectivity index is 3.50. The van der Waals surface area contributed by atoms with E-state index in [4.69, 9.17) is 0 Å². The molecule has 0 amide bonds. The van der Waals surface area contributed by atoms with Crippen LogP contribution >= 0.6 is 0 Å². The number of hydrogen-bond donors (Lipinski definition) is 0. The van der Waals surface area contributed by atoms with Gasteiger partial charge in [0.2, 0.25) is 0 Å². The maximum atomic E-state index is 4.00. The highest BCUT2D eigenvalue weighted by Gasteiger charge is 2.08. The predicted octanol–water partition coefficient (Wildman–Crippen LogP) is 9.20. The fourth-order valence-corrected chi connectivity index (χ4v) is 3.86. The highest BCUT2D eigenvalue weighted by Crippen LogP contribution is 2.23. The molecule has 0 rings (SSSR count). The van der Waals surface area contributed by atoms with Crippen molar-refractivity contribution >= 4 is 0 Å². The molecule has 0 heterocycles. The van der Waals surface area contributed by atoms with E-state index in [9.17, 15) is 0 Å². The molecule has 25 heavy (non-hydrogen) atoms. The molecule has 0 spiro atoms. The van der Waals surface area contributed by atoms with Gasteiger partial charge < -0.3 is 0 Å². The van der Waals surface area contributed by atoms with E-state index < -0.39 is 0 Å². The minimum Gasteiger partial charge on any atom is -0.100 e. The van der Waals surface area contributed by atoms with Gasteiger partial charge in [0.15, 0.2) is 0 Å². The topological polar surface area (TPSA) is 0 Å². The van der Waals surface area contributed by atoms with Gasteiger partial charge >= 0.3 is 0 Å². The summed E-state index contributed by atoms with van der Waals surface area (Å²) >= 11 is 0. The quantitative estimate of drug-likeness (QED) is 0.181. The van der Waals surface area contributed by atoms with Gasteiger partial charge in [0.1, 0.15) is 0 Å². The van der Waals surface area contributed by atoms with Crippen LogP contribution in [-0.2, 0) is 0 Å². The highest BCUT2D eigenvalue weighted by molar-refractivity contribution is 4.87. The van der Waals surface area contributed by atoms with Crippen molar-refractivity contribution in [3.63, 3.8) is 0 Å². The number of rotatable bonds is 17. The van der Waals surface area contributed by atoms with Crippen LogP contribution in [0.15, 0.2) is 12.2 Å². The molecule has 0 nitrogen and oxygen atoms in total. The minimum absolute atomic E-state index is 0.876. The van der Waals surface area contributed by atoms with Crippen LogP contribution in [-0.4, -0.2) is 0 Å². The molecule has 0 bridgehead atoms. The summed E-state index contributed by atoms with van der Waals surface area (Å²) in [7, 11) is 0. The fraction of sp³-hybridized carbons (Fsp3) is 0.920. The van der Waals surface area contributed by atoms with Crippen LogP contribution in [0, 0.1) is 23.7 Å². The molecule has 0 aromatic rings. The summed E-state index contributed by atoms with van der Waals surface area (Å²) in [6, 6.07) is 0. The smallest absolute Gasteiger partial charge is 0.0326 e. The summed E-state index contributed by atoms with van der Waals surface area (Å²) in [4.78, 5) is 0. The third kappa shape index (κ3) is 18.3. The molecule has 0 heteroatoms. The molecule has 0 aromatic heterocycles. The lowest BCUT2D eigenvalue weighted by atomic mass is 9.90. The van der Waals surface area contributed by atoms with Crippen LogP contribution in [0.25, 0.3) is 0 Å². The van der Waals surface area contributed by atoms with Gasteiger partial charge in [-0.05, 0) is 43.4 Å². The maximum absolute atomic E-state index is 4.00. The normalized spacial score (nSPS) is 15.3. The molecule has 0 fully saturated rings. The largest absolute Gasteiger partial charge is 0.100 e. The molecule has 150 valence electrons. The molecule has 3 atom stereocenters. The van der Waals surface area contributed by atoms with Crippen LogP contribution in [0.4, 0.5) is 0 Å². The van der Waals surface area contributed by atoms with Gasteiger partial charge in [-0.25, -0.2) is 0 Å². The first-order valence-electron chi connectivity index (χ1n) is 11.5. The predicted molar refractivity (Wildman–Crippen MR) is 117 cm³/mol. The third-order valence-electron chi connectivity index (χ3n) is 5.82.